The summed E-state index contributed by atoms with van der Waals surface area (Å²) in [6.45, 7) is 0.547. The molecule has 0 spiro atoms. The van der Waals surface area contributed by atoms with Crippen LogP contribution in [0.1, 0.15) is 30.4 Å². The number of sulfonamides is 1. The van der Waals surface area contributed by atoms with E-state index in [-0.39, 0.29) is 11.3 Å². The van der Waals surface area contributed by atoms with Crippen LogP contribution < -0.4 is 9.46 Å². The number of nitrogens with one attached hydrogen (secondary N) is 1. The van der Waals surface area contributed by atoms with Crippen LogP contribution >= 0.6 is 11.6 Å². The Morgan fingerprint density at radius 2 is 2.07 bits per heavy atom. The van der Waals surface area contributed by atoms with Gasteiger partial charge in [-0.15, -0.1) is 0 Å². The van der Waals surface area contributed by atoms with Crippen LogP contribution in [0.2, 0.25) is 5.02 Å². The van der Waals surface area contributed by atoms with Gasteiger partial charge >= 0.3 is 5.97 Å². The Morgan fingerprint density at radius 1 is 1.25 bits per heavy atom. The van der Waals surface area contributed by atoms with Crippen LogP contribution in [0.15, 0.2) is 41.3 Å². The van der Waals surface area contributed by atoms with Crippen molar-refractivity contribution in [2.75, 3.05) is 11.3 Å². The van der Waals surface area contributed by atoms with E-state index in [0.29, 0.717) is 47.9 Å². The van der Waals surface area contributed by atoms with E-state index in [0.717, 1.165) is 5.56 Å². The van der Waals surface area contributed by atoms with Crippen molar-refractivity contribution in [1.29, 1.82) is 0 Å². The largest absolute Gasteiger partial charge is 0.493 e. The maximum absolute atomic E-state index is 12.8. The molecule has 0 aliphatic carbocycles. The number of unbranched alkanes of at least 4 members (excludes halogenated alkanes) is 1. The van der Waals surface area contributed by atoms with E-state index in [9.17, 15) is 13.2 Å². The molecule has 1 heterocycles. The molecule has 3 rings (SSSR count). The van der Waals surface area contributed by atoms with Gasteiger partial charge in [0.05, 0.1) is 22.8 Å². The van der Waals surface area contributed by atoms with Crippen molar-refractivity contribution in [3.8, 4) is 17.6 Å². The van der Waals surface area contributed by atoms with E-state index >= 15 is 0 Å². The Morgan fingerprint density at radius 3 is 2.86 bits per heavy atom. The van der Waals surface area contributed by atoms with Gasteiger partial charge in [-0.1, -0.05) is 23.4 Å². The first-order valence-corrected chi connectivity index (χ1v) is 10.5. The lowest BCUT2D eigenvalue weighted by Gasteiger charge is -2.11. The lowest BCUT2D eigenvalue weighted by Crippen LogP contribution is -2.14. The van der Waals surface area contributed by atoms with Crippen LogP contribution in [-0.2, 0) is 21.2 Å². The zero-order chi connectivity index (χ0) is 20.1. The molecule has 2 N–H and O–H groups in total. The van der Waals surface area contributed by atoms with Gasteiger partial charge < -0.3 is 9.84 Å². The Labute approximate surface area is 168 Å². The van der Waals surface area contributed by atoms with Crippen molar-refractivity contribution >= 4 is 33.3 Å². The second-order valence-electron chi connectivity index (χ2n) is 6.21. The normalized spacial score (nSPS) is 12.5. The highest BCUT2D eigenvalue weighted by molar-refractivity contribution is 7.92. The van der Waals surface area contributed by atoms with Crippen molar-refractivity contribution in [2.45, 2.75) is 30.6 Å². The fourth-order valence-electron chi connectivity index (χ4n) is 2.73. The minimum Gasteiger partial charge on any atom is -0.493 e. The highest BCUT2D eigenvalue weighted by Crippen LogP contribution is 2.29. The SMILES string of the molecule is O=C(O)CCCC#Cc1cc(Cl)ccc1NS(=O)(=O)c1ccc2c(c1)CCO2. The molecule has 0 unspecified atom stereocenters. The molecule has 1 aliphatic rings. The summed E-state index contributed by atoms with van der Waals surface area (Å²) in [6.07, 6.45) is 1.51. The topological polar surface area (TPSA) is 92.7 Å². The zero-order valence-corrected chi connectivity index (χ0v) is 16.4. The Kier molecular flexibility index (Phi) is 6.12. The molecule has 0 amide bonds. The number of aliphatic carboxylic acids is 1. The third-order valence-electron chi connectivity index (χ3n) is 4.11. The van der Waals surface area contributed by atoms with Crippen LogP contribution in [0.5, 0.6) is 5.75 Å². The van der Waals surface area contributed by atoms with Gasteiger partial charge in [0.2, 0.25) is 0 Å². The number of ether oxygens (including phenoxy) is 1. The molecule has 0 saturated carbocycles. The van der Waals surface area contributed by atoms with Gasteiger partial charge in [-0.3, -0.25) is 9.52 Å². The van der Waals surface area contributed by atoms with Crippen LogP contribution in [-0.4, -0.2) is 26.1 Å². The molecule has 1 aliphatic heterocycles. The minimum absolute atomic E-state index is 0.0335. The lowest BCUT2D eigenvalue weighted by atomic mass is 10.1. The number of hydrogen-bond donors (Lipinski definition) is 2. The fourth-order valence-corrected chi connectivity index (χ4v) is 4.03. The summed E-state index contributed by atoms with van der Waals surface area (Å²) in [7, 11) is -3.81. The van der Waals surface area contributed by atoms with E-state index in [1.165, 1.54) is 6.07 Å². The van der Waals surface area contributed by atoms with E-state index in [1.807, 2.05) is 0 Å². The summed E-state index contributed by atoms with van der Waals surface area (Å²) >= 11 is 6.01. The van der Waals surface area contributed by atoms with Crippen LogP contribution in [0.4, 0.5) is 5.69 Å². The van der Waals surface area contributed by atoms with Crippen LogP contribution in [0.3, 0.4) is 0 Å². The number of hydrogen-bond acceptors (Lipinski definition) is 4. The van der Waals surface area contributed by atoms with Gasteiger partial charge in [-0.25, -0.2) is 8.42 Å². The quantitative estimate of drug-likeness (QED) is 0.550. The number of halogens is 1. The summed E-state index contributed by atoms with van der Waals surface area (Å²) in [6, 6.07) is 9.46. The van der Waals surface area contributed by atoms with E-state index in [4.69, 9.17) is 21.4 Å². The maximum atomic E-state index is 12.8. The van der Waals surface area contributed by atoms with E-state index in [1.54, 1.807) is 30.3 Å². The molecule has 0 aromatic heterocycles. The molecular weight excluding hydrogens is 402 g/mol. The summed E-state index contributed by atoms with van der Waals surface area (Å²) in [5.41, 5.74) is 1.60. The summed E-state index contributed by atoms with van der Waals surface area (Å²) in [5, 5.41) is 9.08. The average molecular weight is 420 g/mol. The monoisotopic (exact) mass is 419 g/mol. The number of carbonyl (C=O) groups is 1. The first-order valence-electron chi connectivity index (χ1n) is 8.64. The van der Waals surface area contributed by atoms with Gasteiger partial charge in [0.15, 0.2) is 0 Å². The van der Waals surface area contributed by atoms with E-state index in [2.05, 4.69) is 16.6 Å². The number of fused-ring (bicyclic) bond motifs is 1. The maximum Gasteiger partial charge on any atom is 0.303 e. The van der Waals surface area contributed by atoms with Gasteiger partial charge in [0, 0.05) is 24.3 Å². The molecule has 2 aromatic carbocycles. The van der Waals surface area contributed by atoms with E-state index < -0.39 is 16.0 Å². The molecule has 28 heavy (non-hydrogen) atoms. The summed E-state index contributed by atoms with van der Waals surface area (Å²) in [5.74, 6) is 5.56. The molecule has 146 valence electrons. The molecule has 0 bridgehead atoms. The number of rotatable bonds is 6. The van der Waals surface area contributed by atoms with Gasteiger partial charge in [0.25, 0.3) is 10.0 Å². The summed E-state index contributed by atoms with van der Waals surface area (Å²) < 4.78 is 33.6. The highest BCUT2D eigenvalue weighted by Gasteiger charge is 2.20. The predicted octanol–water partition coefficient (Wildman–Crippen LogP) is 3.68. The molecule has 0 fully saturated rings. The minimum atomic E-state index is -3.81. The molecule has 6 nitrogen and oxygen atoms in total. The smallest absolute Gasteiger partial charge is 0.303 e. The lowest BCUT2D eigenvalue weighted by molar-refractivity contribution is -0.137. The number of anilines is 1. The number of benzene rings is 2. The van der Waals surface area contributed by atoms with Crippen LogP contribution in [0.25, 0.3) is 0 Å². The highest BCUT2D eigenvalue weighted by atomic mass is 35.5. The third kappa shape index (κ3) is 4.97. The second-order valence-corrected chi connectivity index (χ2v) is 8.33. The molecule has 0 saturated heterocycles. The van der Waals surface area contributed by atoms with Crippen molar-refractivity contribution < 1.29 is 23.1 Å². The standard InChI is InChI=1S/C20H18ClNO5S/c21-16-6-8-18(14(12-16)4-2-1-3-5-20(23)24)22-28(25,26)17-7-9-19-15(13-17)10-11-27-19/h6-9,12-13,22H,1,3,5,10-11H2,(H,23,24). The van der Waals surface area contributed by atoms with Gasteiger partial charge in [-0.05, 0) is 48.4 Å². The van der Waals surface area contributed by atoms with Gasteiger partial charge in [0.1, 0.15) is 5.75 Å². The number of carboxylic acid groups (broad SMARTS) is 1. The Bertz CT molecular complexity index is 1070. The zero-order valence-electron chi connectivity index (χ0n) is 14.9. The molecule has 0 atom stereocenters. The molecule has 8 heteroatoms. The van der Waals surface area contributed by atoms with Gasteiger partial charge in [-0.2, -0.15) is 0 Å². The molecule has 0 radical (unpaired) electrons. The second kappa shape index (κ2) is 8.55. The summed E-state index contributed by atoms with van der Waals surface area (Å²) in [4.78, 5) is 10.7. The fraction of sp³-hybridized carbons (Fsp3) is 0.250. The first-order chi connectivity index (χ1) is 13.3. The number of carboxylic acids is 1. The molecular formula is C20H18ClNO5S. The first kappa shape index (κ1) is 20.1. The Hall–Kier alpha value is -2.69. The predicted molar refractivity (Wildman–Crippen MR) is 106 cm³/mol. The molecule has 2 aromatic rings. The van der Waals surface area contributed by atoms with Crippen LogP contribution in [0, 0.1) is 11.8 Å². The van der Waals surface area contributed by atoms with Crippen molar-refractivity contribution in [3.05, 3.63) is 52.5 Å². The Balaban J connectivity index is 1.81. The van der Waals surface area contributed by atoms with Crippen molar-refractivity contribution in [3.63, 3.8) is 0 Å². The average Bonchev–Trinajstić information content (AvgIpc) is 3.11. The van der Waals surface area contributed by atoms with Crippen molar-refractivity contribution in [2.24, 2.45) is 0 Å². The third-order valence-corrected chi connectivity index (χ3v) is 5.71. The van der Waals surface area contributed by atoms with Crippen molar-refractivity contribution in [1.82, 2.24) is 0 Å².